The summed E-state index contributed by atoms with van der Waals surface area (Å²) in [4.78, 5) is 13.1. The van der Waals surface area contributed by atoms with Crippen LogP contribution in [-0.2, 0) is 14.3 Å². The van der Waals surface area contributed by atoms with Crippen molar-refractivity contribution in [1.29, 1.82) is 0 Å². The van der Waals surface area contributed by atoms with Crippen molar-refractivity contribution in [2.75, 3.05) is 13.2 Å². The summed E-state index contributed by atoms with van der Waals surface area (Å²) in [5.74, 6) is -0.175. The lowest BCUT2D eigenvalue weighted by Gasteiger charge is -2.40. The number of amides is 1. The fourth-order valence-electron chi connectivity index (χ4n) is 9.13. The molecule has 1 heterocycles. The van der Waals surface area contributed by atoms with Crippen LogP contribution < -0.4 is 5.32 Å². The van der Waals surface area contributed by atoms with E-state index in [1.165, 1.54) is 205 Å². The lowest BCUT2D eigenvalue weighted by molar-refractivity contribution is -0.302. The Morgan fingerprint density at radius 2 is 0.881 bits per heavy atom. The molecule has 394 valence electrons. The second-order valence-corrected chi connectivity index (χ2v) is 20.1. The van der Waals surface area contributed by atoms with Crippen molar-refractivity contribution in [2.45, 2.75) is 314 Å². The largest absolute Gasteiger partial charge is 0.394 e. The fourth-order valence-corrected chi connectivity index (χ4v) is 9.13. The van der Waals surface area contributed by atoms with Gasteiger partial charge in [0.25, 0.3) is 0 Å². The normalized spacial score (nSPS) is 19.9. The van der Waals surface area contributed by atoms with Crippen LogP contribution in [-0.4, -0.2) is 87.5 Å². The molecule has 1 amide bonds. The Bertz CT molecular complexity index is 1150. The van der Waals surface area contributed by atoms with Crippen LogP contribution in [0.4, 0.5) is 0 Å². The van der Waals surface area contributed by atoms with Crippen molar-refractivity contribution in [2.24, 2.45) is 0 Å². The third-order valence-electron chi connectivity index (χ3n) is 13.7. The topological polar surface area (TPSA) is 149 Å². The van der Waals surface area contributed by atoms with Crippen molar-refractivity contribution in [1.82, 2.24) is 5.32 Å². The van der Waals surface area contributed by atoms with Gasteiger partial charge in [-0.15, -0.1) is 0 Å². The molecule has 1 rings (SSSR count). The SMILES string of the molecule is CCCCCCC/C=C\C/C=C\CCCCCCCCCCCCCCCC(=O)NC(COC1OC(CO)C(O)C(O)C1O)C(O)/C=C/CCCCCCCCCCCCCCCCCCC. The lowest BCUT2D eigenvalue weighted by Crippen LogP contribution is -2.60. The Kier molecular flexibility index (Phi) is 45.5. The summed E-state index contributed by atoms with van der Waals surface area (Å²) in [5.41, 5.74) is 0. The Balaban J connectivity index is 2.22. The number of hydrogen-bond acceptors (Lipinski definition) is 8. The van der Waals surface area contributed by atoms with Crippen LogP contribution in [0.2, 0.25) is 0 Å². The van der Waals surface area contributed by atoms with Crippen LogP contribution in [0.1, 0.15) is 271 Å². The minimum Gasteiger partial charge on any atom is -0.394 e. The third-order valence-corrected chi connectivity index (χ3v) is 13.7. The maximum atomic E-state index is 13.1. The predicted molar refractivity (Wildman–Crippen MR) is 281 cm³/mol. The van der Waals surface area contributed by atoms with Crippen LogP contribution in [0, 0.1) is 0 Å². The standard InChI is InChI=1S/C58H109NO8/c1-3-5-7-9-11-13-15-17-19-21-23-24-25-26-27-28-30-32-34-36-38-40-42-44-46-48-54(62)59-51(50-66-58-57(65)56(64)55(63)53(49-60)67-58)52(61)47-45-43-41-39-37-35-33-31-29-22-20-18-16-14-12-10-8-6-4-2/h15,17,21,23,45,47,51-53,55-58,60-61,63-65H,3-14,16,18-20,22,24-44,46,48-50H2,1-2H3,(H,59,62)/b17-15-,23-21-,47-45+. The molecule has 7 unspecified atom stereocenters. The summed E-state index contributed by atoms with van der Waals surface area (Å²) in [6.07, 6.45) is 54.9. The predicted octanol–water partition coefficient (Wildman–Crippen LogP) is 14.0. The molecule has 9 nitrogen and oxygen atoms in total. The number of aliphatic hydroxyl groups excluding tert-OH is 5. The van der Waals surface area contributed by atoms with Gasteiger partial charge in [-0.1, -0.05) is 249 Å². The van der Waals surface area contributed by atoms with Gasteiger partial charge in [0.2, 0.25) is 5.91 Å². The molecule has 0 aliphatic carbocycles. The second kappa shape index (κ2) is 48.1. The van der Waals surface area contributed by atoms with E-state index in [0.29, 0.717) is 6.42 Å². The summed E-state index contributed by atoms with van der Waals surface area (Å²) in [5, 5.41) is 54.5. The molecule has 0 aromatic heterocycles. The fraction of sp³-hybridized carbons (Fsp3) is 0.879. The number of ether oxygens (including phenoxy) is 2. The molecule has 7 atom stereocenters. The van der Waals surface area contributed by atoms with E-state index in [1.54, 1.807) is 6.08 Å². The first-order valence-electron chi connectivity index (χ1n) is 28.7. The second-order valence-electron chi connectivity index (χ2n) is 20.1. The zero-order chi connectivity index (χ0) is 48.7. The highest BCUT2D eigenvalue weighted by molar-refractivity contribution is 5.76. The van der Waals surface area contributed by atoms with Gasteiger partial charge >= 0.3 is 0 Å². The number of allylic oxidation sites excluding steroid dienone is 5. The molecule has 1 saturated heterocycles. The molecule has 0 spiro atoms. The smallest absolute Gasteiger partial charge is 0.220 e. The average Bonchev–Trinajstić information content (AvgIpc) is 3.33. The Hall–Kier alpha value is -1.59. The average molecular weight is 949 g/mol. The van der Waals surface area contributed by atoms with Crippen molar-refractivity contribution in [3.63, 3.8) is 0 Å². The van der Waals surface area contributed by atoms with Crippen LogP contribution in [0.5, 0.6) is 0 Å². The molecule has 67 heavy (non-hydrogen) atoms. The molecule has 0 saturated carbocycles. The number of rotatable bonds is 49. The van der Waals surface area contributed by atoms with E-state index in [-0.39, 0.29) is 12.5 Å². The quantitative estimate of drug-likeness (QED) is 0.0261. The summed E-state index contributed by atoms with van der Waals surface area (Å²) in [6, 6.07) is -0.805. The number of carbonyl (C=O) groups excluding carboxylic acids is 1. The van der Waals surface area contributed by atoms with Crippen molar-refractivity contribution >= 4 is 5.91 Å². The number of unbranched alkanes of at least 4 members (excludes halogenated alkanes) is 35. The molecule has 6 N–H and O–H groups in total. The first kappa shape index (κ1) is 63.4. The highest BCUT2D eigenvalue weighted by Gasteiger charge is 2.44. The van der Waals surface area contributed by atoms with Gasteiger partial charge in [0.05, 0.1) is 25.4 Å². The van der Waals surface area contributed by atoms with Gasteiger partial charge in [-0.05, 0) is 51.4 Å². The van der Waals surface area contributed by atoms with Gasteiger partial charge in [0.1, 0.15) is 24.4 Å². The van der Waals surface area contributed by atoms with E-state index in [9.17, 15) is 30.3 Å². The van der Waals surface area contributed by atoms with E-state index in [2.05, 4.69) is 43.5 Å². The summed E-state index contributed by atoms with van der Waals surface area (Å²) < 4.78 is 11.3. The molecule has 9 heteroatoms. The Morgan fingerprint density at radius 1 is 0.507 bits per heavy atom. The van der Waals surface area contributed by atoms with Gasteiger partial charge in [-0.3, -0.25) is 4.79 Å². The number of hydrogen-bond donors (Lipinski definition) is 6. The summed E-state index contributed by atoms with van der Waals surface area (Å²) >= 11 is 0. The van der Waals surface area contributed by atoms with Crippen LogP contribution in [0.3, 0.4) is 0 Å². The highest BCUT2D eigenvalue weighted by Crippen LogP contribution is 2.23. The maximum absolute atomic E-state index is 13.1. The summed E-state index contributed by atoms with van der Waals surface area (Å²) in [7, 11) is 0. The molecule has 0 aromatic carbocycles. The zero-order valence-corrected chi connectivity index (χ0v) is 43.7. The minimum absolute atomic E-state index is 0.175. The molecular formula is C58H109NO8. The molecular weight excluding hydrogens is 839 g/mol. The first-order valence-corrected chi connectivity index (χ1v) is 28.7. The Morgan fingerprint density at radius 3 is 1.28 bits per heavy atom. The van der Waals surface area contributed by atoms with E-state index in [1.807, 2.05) is 6.08 Å². The van der Waals surface area contributed by atoms with Crippen LogP contribution in [0.15, 0.2) is 36.5 Å². The number of aliphatic hydroxyl groups is 5. The lowest BCUT2D eigenvalue weighted by atomic mass is 9.99. The van der Waals surface area contributed by atoms with Gasteiger partial charge in [0, 0.05) is 6.42 Å². The number of carbonyl (C=O) groups is 1. The zero-order valence-electron chi connectivity index (χ0n) is 43.7. The van der Waals surface area contributed by atoms with Crippen LogP contribution >= 0.6 is 0 Å². The molecule has 0 bridgehead atoms. The monoisotopic (exact) mass is 948 g/mol. The summed E-state index contributed by atoms with van der Waals surface area (Å²) in [6.45, 7) is 3.79. The minimum atomic E-state index is -1.57. The molecule has 0 aromatic rings. The molecule has 1 aliphatic heterocycles. The van der Waals surface area contributed by atoms with Crippen molar-refractivity contribution < 1.29 is 39.8 Å². The molecule has 1 aliphatic rings. The Labute approximate surface area is 412 Å². The highest BCUT2D eigenvalue weighted by atomic mass is 16.7. The molecule has 1 fully saturated rings. The van der Waals surface area contributed by atoms with Gasteiger partial charge in [-0.2, -0.15) is 0 Å². The van der Waals surface area contributed by atoms with Crippen LogP contribution in [0.25, 0.3) is 0 Å². The van der Waals surface area contributed by atoms with Crippen molar-refractivity contribution in [3.05, 3.63) is 36.5 Å². The molecule has 0 radical (unpaired) electrons. The first-order chi connectivity index (χ1) is 32.8. The van der Waals surface area contributed by atoms with Gasteiger partial charge in [-0.25, -0.2) is 0 Å². The number of nitrogens with one attached hydrogen (secondary N) is 1. The van der Waals surface area contributed by atoms with E-state index < -0.39 is 49.5 Å². The third kappa shape index (κ3) is 37.9. The van der Waals surface area contributed by atoms with Gasteiger partial charge < -0.3 is 40.3 Å². The van der Waals surface area contributed by atoms with E-state index in [4.69, 9.17) is 9.47 Å². The van der Waals surface area contributed by atoms with Gasteiger partial charge in [0.15, 0.2) is 6.29 Å². The van der Waals surface area contributed by atoms with E-state index >= 15 is 0 Å². The maximum Gasteiger partial charge on any atom is 0.220 e. The van der Waals surface area contributed by atoms with E-state index in [0.717, 1.165) is 44.9 Å². The van der Waals surface area contributed by atoms with Crippen molar-refractivity contribution in [3.8, 4) is 0 Å².